The fourth-order valence-electron chi connectivity index (χ4n) is 4.69. The summed E-state index contributed by atoms with van der Waals surface area (Å²) in [7, 11) is 0. The lowest BCUT2D eigenvalue weighted by Crippen LogP contribution is -2.40. The molecule has 2 aliphatic heterocycles. The van der Waals surface area contributed by atoms with Crippen LogP contribution in [0.25, 0.3) is 22.0 Å². The quantitative estimate of drug-likeness (QED) is 0.572. The zero-order valence-electron chi connectivity index (χ0n) is 19.0. The Morgan fingerprint density at radius 3 is 2.83 bits per heavy atom. The van der Waals surface area contributed by atoms with Crippen LogP contribution in [0.5, 0.6) is 0 Å². The number of nitrogens with one attached hydrogen (secondary N) is 2. The second kappa shape index (κ2) is 8.97. The summed E-state index contributed by atoms with van der Waals surface area (Å²) in [6.45, 7) is 0.689. The van der Waals surface area contributed by atoms with Gasteiger partial charge in [-0.3, -0.25) is 14.2 Å². The third-order valence-corrected chi connectivity index (χ3v) is 6.20. The van der Waals surface area contributed by atoms with Crippen molar-refractivity contribution in [3.63, 3.8) is 0 Å². The maximum absolute atomic E-state index is 13.5. The Kier molecular flexibility index (Phi) is 5.97. The molecule has 0 spiro atoms. The molecule has 3 aromatic rings. The maximum atomic E-state index is 13.5. The van der Waals surface area contributed by atoms with Gasteiger partial charge in [-0.05, 0) is 43.0 Å². The van der Waals surface area contributed by atoms with E-state index in [2.05, 4.69) is 15.7 Å². The number of amides is 1. The van der Waals surface area contributed by atoms with Gasteiger partial charge in [0.2, 0.25) is 5.91 Å². The first-order chi connectivity index (χ1) is 16.7. The third kappa shape index (κ3) is 4.61. The van der Waals surface area contributed by atoms with Crippen molar-refractivity contribution in [3.05, 3.63) is 52.4 Å². The van der Waals surface area contributed by atoms with E-state index in [1.54, 1.807) is 29.3 Å². The van der Waals surface area contributed by atoms with E-state index in [0.717, 1.165) is 23.8 Å². The summed E-state index contributed by atoms with van der Waals surface area (Å²) in [6, 6.07) is 8.35. The monoisotopic (exact) mass is 487 g/mol. The molecule has 8 nitrogen and oxygen atoms in total. The van der Waals surface area contributed by atoms with Gasteiger partial charge in [-0.25, -0.2) is 4.98 Å². The van der Waals surface area contributed by atoms with E-state index in [1.807, 2.05) is 0 Å². The van der Waals surface area contributed by atoms with Crippen molar-refractivity contribution in [3.8, 4) is 11.1 Å². The van der Waals surface area contributed by atoms with Crippen molar-refractivity contribution in [1.82, 2.24) is 14.6 Å². The second-order valence-electron chi connectivity index (χ2n) is 8.73. The molecule has 1 unspecified atom stereocenters. The Hall–Kier alpha value is -3.44. The van der Waals surface area contributed by atoms with Gasteiger partial charge >= 0.3 is 6.18 Å². The molecule has 5 rings (SSSR count). The predicted octanol–water partition coefficient (Wildman–Crippen LogP) is 4.25. The minimum atomic E-state index is -4.59. The molecule has 0 aliphatic carbocycles. The van der Waals surface area contributed by atoms with E-state index in [0.29, 0.717) is 28.8 Å². The van der Waals surface area contributed by atoms with Gasteiger partial charge in [0.1, 0.15) is 18.6 Å². The van der Waals surface area contributed by atoms with Gasteiger partial charge in [-0.1, -0.05) is 12.1 Å². The number of anilines is 2. The number of rotatable bonds is 4. The first-order valence-corrected chi connectivity index (χ1v) is 11.4. The number of carbonyl (C=O) groups is 1. The highest BCUT2D eigenvalue weighted by Crippen LogP contribution is 2.37. The molecular formula is C24H24F3N5O3. The number of halogens is 3. The number of pyridine rings is 2. The van der Waals surface area contributed by atoms with Crippen molar-refractivity contribution >= 4 is 28.3 Å². The summed E-state index contributed by atoms with van der Waals surface area (Å²) in [5.41, 5.74) is 4.50. The van der Waals surface area contributed by atoms with Gasteiger partial charge in [0.25, 0.3) is 5.56 Å². The highest BCUT2D eigenvalue weighted by Gasteiger charge is 2.35. The van der Waals surface area contributed by atoms with Crippen LogP contribution >= 0.6 is 0 Å². The minimum absolute atomic E-state index is 0.139. The Labute approximate surface area is 198 Å². The first-order valence-electron chi connectivity index (χ1n) is 11.4. The number of aromatic nitrogens is 2. The van der Waals surface area contributed by atoms with Crippen molar-refractivity contribution in [1.29, 1.82) is 0 Å². The molecule has 1 fully saturated rings. The lowest BCUT2D eigenvalue weighted by Gasteiger charge is -2.30. The maximum Gasteiger partial charge on any atom is 0.406 e. The lowest BCUT2D eigenvalue weighted by atomic mass is 10.0. The molecule has 35 heavy (non-hydrogen) atoms. The van der Waals surface area contributed by atoms with Gasteiger partial charge in [-0.15, -0.1) is 0 Å². The van der Waals surface area contributed by atoms with Gasteiger partial charge < -0.3 is 15.5 Å². The highest BCUT2D eigenvalue weighted by atomic mass is 19.4. The van der Waals surface area contributed by atoms with E-state index >= 15 is 0 Å². The number of fused-ring (bicyclic) bond motifs is 3. The molecule has 2 aliphatic rings. The minimum Gasteiger partial charge on any atom is -0.361 e. The van der Waals surface area contributed by atoms with E-state index in [1.165, 1.54) is 19.2 Å². The van der Waals surface area contributed by atoms with Crippen molar-refractivity contribution in [2.45, 2.75) is 51.7 Å². The average molecular weight is 487 g/mol. The van der Waals surface area contributed by atoms with Crippen molar-refractivity contribution in [2.75, 3.05) is 17.3 Å². The Morgan fingerprint density at radius 1 is 1.29 bits per heavy atom. The summed E-state index contributed by atoms with van der Waals surface area (Å²) in [6.07, 6.45) is -0.633. The lowest BCUT2D eigenvalue weighted by molar-refractivity contribution is -0.140. The largest absolute Gasteiger partial charge is 0.406 e. The topological polar surface area (TPSA) is 88.5 Å². The van der Waals surface area contributed by atoms with Gasteiger partial charge in [-0.2, -0.15) is 18.2 Å². The molecule has 2 N–H and O–H groups in total. The molecule has 0 bridgehead atoms. The summed E-state index contributed by atoms with van der Waals surface area (Å²) < 4.78 is 47.2. The first kappa shape index (κ1) is 23.3. The van der Waals surface area contributed by atoms with Crippen LogP contribution in [0, 0.1) is 0 Å². The number of benzene rings is 1. The molecule has 1 saturated heterocycles. The zero-order chi connectivity index (χ0) is 24.7. The molecule has 4 heterocycles. The highest BCUT2D eigenvalue weighted by molar-refractivity contribution is 5.98. The molecular weight excluding hydrogens is 463 g/mol. The van der Waals surface area contributed by atoms with Crippen LogP contribution in [0.4, 0.5) is 24.7 Å². The molecule has 184 valence electrons. The molecule has 0 saturated carbocycles. The van der Waals surface area contributed by atoms with Crippen LogP contribution in [-0.2, 0) is 22.6 Å². The number of nitrogens with zero attached hydrogens (tertiary/aromatic N) is 3. The van der Waals surface area contributed by atoms with Crippen LogP contribution in [0.2, 0.25) is 0 Å². The predicted molar refractivity (Wildman–Crippen MR) is 125 cm³/mol. The Morgan fingerprint density at radius 2 is 2.11 bits per heavy atom. The van der Waals surface area contributed by atoms with Crippen LogP contribution < -0.4 is 16.3 Å². The van der Waals surface area contributed by atoms with Gasteiger partial charge in [0.15, 0.2) is 0 Å². The standard InChI is InChI=1S/C24H24F3N5O3/c1-14(33)29-22-16(5-4-9-28-22)15-7-8-17-19(11-15)31(13-24(25,26)27)23(34)18-12-32(30-21(17)18)20-6-2-3-10-35-20/h4-5,7-9,11,20,30H,2-3,6,10,12-13H2,1H3,(H,28,29,33). The Balaban J connectivity index is 1.66. The second-order valence-corrected chi connectivity index (χ2v) is 8.73. The smallest absolute Gasteiger partial charge is 0.361 e. The zero-order valence-corrected chi connectivity index (χ0v) is 19.0. The number of alkyl halides is 3. The number of hydrogen-bond donors (Lipinski definition) is 2. The summed E-state index contributed by atoms with van der Waals surface area (Å²) in [5.74, 6) is -0.0456. The van der Waals surface area contributed by atoms with E-state index in [-0.39, 0.29) is 35.6 Å². The van der Waals surface area contributed by atoms with Gasteiger partial charge in [0.05, 0.1) is 23.3 Å². The Bertz CT molecular complexity index is 1350. The van der Waals surface area contributed by atoms with Crippen LogP contribution in [0.15, 0.2) is 41.3 Å². The number of hydrazine groups is 1. The van der Waals surface area contributed by atoms with Crippen LogP contribution in [0.3, 0.4) is 0 Å². The number of carbonyl (C=O) groups excluding carboxylic acids is 1. The summed E-state index contributed by atoms with van der Waals surface area (Å²) in [5, 5.41) is 4.92. The van der Waals surface area contributed by atoms with Crippen LogP contribution in [0.1, 0.15) is 31.7 Å². The molecule has 1 atom stereocenters. The average Bonchev–Trinajstić information content (AvgIpc) is 3.27. The normalized spacial score (nSPS) is 18.3. The summed E-state index contributed by atoms with van der Waals surface area (Å²) >= 11 is 0. The molecule has 0 radical (unpaired) electrons. The van der Waals surface area contributed by atoms with E-state index in [9.17, 15) is 22.8 Å². The van der Waals surface area contributed by atoms with Gasteiger partial charge in [0, 0.05) is 30.7 Å². The number of hydrogen-bond acceptors (Lipinski definition) is 6. The fraction of sp³-hybridized carbons (Fsp3) is 0.375. The van der Waals surface area contributed by atoms with Crippen molar-refractivity contribution in [2.24, 2.45) is 0 Å². The summed E-state index contributed by atoms with van der Waals surface area (Å²) in [4.78, 5) is 29.1. The molecule has 2 aromatic heterocycles. The molecule has 11 heteroatoms. The number of ether oxygens (including phenoxy) is 1. The van der Waals surface area contributed by atoms with E-state index < -0.39 is 18.3 Å². The fourth-order valence-corrected chi connectivity index (χ4v) is 4.69. The van der Waals surface area contributed by atoms with E-state index in [4.69, 9.17) is 4.74 Å². The van der Waals surface area contributed by atoms with Crippen molar-refractivity contribution < 1.29 is 22.7 Å². The van der Waals surface area contributed by atoms with Crippen LogP contribution in [-0.4, -0.2) is 39.5 Å². The SMILES string of the molecule is CC(=O)Nc1ncccc1-c1ccc2c3c(c(=O)n(CC(F)(F)F)c2c1)CN(C1CCCCO1)N3. The molecule has 1 amide bonds. The third-order valence-electron chi connectivity index (χ3n) is 6.20. The molecule has 1 aromatic carbocycles.